The minimum Gasteiger partial charge on any atom is -0.430 e. The van der Waals surface area contributed by atoms with Gasteiger partial charge in [0.15, 0.2) is 5.60 Å². The van der Waals surface area contributed by atoms with E-state index in [0.29, 0.717) is 37.7 Å². The predicted molar refractivity (Wildman–Crippen MR) is 87.3 cm³/mol. The molecule has 0 bridgehead atoms. The maximum atomic E-state index is 12.2. The van der Waals surface area contributed by atoms with Crippen molar-refractivity contribution in [3.8, 4) is 0 Å². The van der Waals surface area contributed by atoms with Gasteiger partial charge in [0.2, 0.25) is 11.0 Å². The lowest BCUT2D eigenvalue weighted by atomic mass is 9.92. The number of likely N-dealkylation sites (tertiary alicyclic amines) is 1. The SMILES string of the molecule is O=C(CN1CCC2(CC1)COC(=O)O2)Nc1nnc([C@H]2CCCO2)s1. The molecule has 1 N–H and O–H groups in total. The molecular formula is C15H20N4O5S. The lowest BCUT2D eigenvalue weighted by Gasteiger charge is -2.35. The van der Waals surface area contributed by atoms with Crippen LogP contribution < -0.4 is 5.32 Å². The maximum absolute atomic E-state index is 12.2. The quantitative estimate of drug-likeness (QED) is 0.794. The fourth-order valence-corrected chi connectivity index (χ4v) is 4.18. The normalized spacial score (nSPS) is 25.8. The highest BCUT2D eigenvalue weighted by molar-refractivity contribution is 7.15. The van der Waals surface area contributed by atoms with Gasteiger partial charge in [0, 0.05) is 32.5 Å². The van der Waals surface area contributed by atoms with E-state index in [1.807, 2.05) is 4.90 Å². The number of nitrogens with zero attached hydrogens (tertiary/aromatic N) is 3. The largest absolute Gasteiger partial charge is 0.509 e. The average Bonchev–Trinajstić information content (AvgIpc) is 3.31. The van der Waals surface area contributed by atoms with Crippen molar-refractivity contribution in [1.29, 1.82) is 0 Å². The Balaban J connectivity index is 1.25. The molecule has 3 aliphatic heterocycles. The van der Waals surface area contributed by atoms with Crippen molar-refractivity contribution in [3.05, 3.63) is 5.01 Å². The summed E-state index contributed by atoms with van der Waals surface area (Å²) in [4.78, 5) is 25.4. The molecule has 1 atom stereocenters. The lowest BCUT2D eigenvalue weighted by Crippen LogP contribution is -2.48. The summed E-state index contributed by atoms with van der Waals surface area (Å²) in [5, 5.41) is 12.2. The molecule has 3 saturated heterocycles. The van der Waals surface area contributed by atoms with Gasteiger partial charge in [0.25, 0.3) is 0 Å². The molecule has 1 spiro atoms. The monoisotopic (exact) mass is 368 g/mol. The molecule has 9 nitrogen and oxygen atoms in total. The van der Waals surface area contributed by atoms with E-state index in [1.165, 1.54) is 11.3 Å². The summed E-state index contributed by atoms with van der Waals surface area (Å²) in [6.07, 6.45) is 2.75. The van der Waals surface area contributed by atoms with Gasteiger partial charge in [-0.05, 0) is 12.8 Å². The van der Waals surface area contributed by atoms with E-state index in [-0.39, 0.29) is 18.6 Å². The third-order valence-electron chi connectivity index (χ3n) is 4.78. The van der Waals surface area contributed by atoms with Crippen LogP contribution >= 0.6 is 11.3 Å². The number of amides is 1. The van der Waals surface area contributed by atoms with Gasteiger partial charge in [-0.15, -0.1) is 10.2 Å². The topological polar surface area (TPSA) is 103 Å². The number of rotatable bonds is 4. The zero-order valence-electron chi connectivity index (χ0n) is 13.7. The van der Waals surface area contributed by atoms with Gasteiger partial charge in [0.1, 0.15) is 17.7 Å². The van der Waals surface area contributed by atoms with Gasteiger partial charge in [-0.25, -0.2) is 4.79 Å². The Bertz CT molecular complexity index is 652. The molecule has 0 aliphatic carbocycles. The van der Waals surface area contributed by atoms with E-state index in [4.69, 9.17) is 14.2 Å². The minimum atomic E-state index is -0.593. The molecule has 25 heavy (non-hydrogen) atoms. The van der Waals surface area contributed by atoms with Crippen LogP contribution in [-0.4, -0.2) is 65.6 Å². The number of cyclic esters (lactones) is 1. The van der Waals surface area contributed by atoms with Crippen LogP contribution in [0.15, 0.2) is 0 Å². The molecule has 4 rings (SSSR count). The molecule has 3 fully saturated rings. The van der Waals surface area contributed by atoms with Crippen LogP contribution in [-0.2, 0) is 19.0 Å². The molecule has 1 aromatic heterocycles. The van der Waals surface area contributed by atoms with Gasteiger partial charge in [-0.2, -0.15) is 0 Å². The summed E-state index contributed by atoms with van der Waals surface area (Å²) in [7, 11) is 0. The number of ether oxygens (including phenoxy) is 3. The third kappa shape index (κ3) is 3.75. The van der Waals surface area contributed by atoms with Crippen molar-refractivity contribution in [1.82, 2.24) is 15.1 Å². The highest BCUT2D eigenvalue weighted by Gasteiger charge is 2.44. The average molecular weight is 368 g/mol. The summed E-state index contributed by atoms with van der Waals surface area (Å²) in [5.74, 6) is -0.120. The number of hydrogen-bond donors (Lipinski definition) is 1. The number of carbonyl (C=O) groups excluding carboxylic acids is 2. The fraction of sp³-hybridized carbons (Fsp3) is 0.733. The summed E-state index contributed by atoms with van der Waals surface area (Å²) in [5.41, 5.74) is -0.501. The van der Waals surface area contributed by atoms with Crippen molar-refractivity contribution in [2.24, 2.45) is 0 Å². The molecule has 0 unspecified atom stereocenters. The molecule has 4 heterocycles. The van der Waals surface area contributed by atoms with Gasteiger partial charge in [-0.1, -0.05) is 11.3 Å². The van der Waals surface area contributed by atoms with Crippen molar-refractivity contribution < 1.29 is 23.8 Å². The Labute approximate surface area is 148 Å². The third-order valence-corrected chi connectivity index (χ3v) is 5.71. The zero-order chi connectivity index (χ0) is 17.3. The van der Waals surface area contributed by atoms with E-state index < -0.39 is 11.8 Å². The van der Waals surface area contributed by atoms with Gasteiger partial charge in [0.05, 0.1) is 6.54 Å². The molecule has 3 aliphatic rings. The second-order valence-electron chi connectivity index (χ2n) is 6.60. The van der Waals surface area contributed by atoms with Crippen LogP contribution in [0.1, 0.15) is 36.8 Å². The molecule has 0 aromatic carbocycles. The summed E-state index contributed by atoms with van der Waals surface area (Å²) in [6.45, 7) is 2.70. The van der Waals surface area contributed by atoms with Crippen molar-refractivity contribution in [3.63, 3.8) is 0 Å². The van der Waals surface area contributed by atoms with Gasteiger partial charge >= 0.3 is 6.16 Å². The fourth-order valence-electron chi connectivity index (χ4n) is 3.34. The number of carbonyl (C=O) groups is 2. The van der Waals surface area contributed by atoms with E-state index in [2.05, 4.69) is 15.5 Å². The minimum absolute atomic E-state index is 0.0118. The standard InChI is InChI=1S/C15H20N4O5S/c20-11(16-13-18-17-12(25-13)10-2-1-7-22-10)8-19-5-3-15(4-6-19)9-23-14(21)24-15/h10H,1-9H2,(H,16,18,20)/t10-/m1/s1. The first-order valence-electron chi connectivity index (χ1n) is 8.45. The number of piperidine rings is 1. The number of anilines is 1. The Hall–Kier alpha value is -1.78. The van der Waals surface area contributed by atoms with Gasteiger partial charge < -0.3 is 14.2 Å². The maximum Gasteiger partial charge on any atom is 0.509 e. The van der Waals surface area contributed by atoms with Crippen LogP contribution in [0.4, 0.5) is 9.93 Å². The van der Waals surface area contributed by atoms with Gasteiger partial charge in [-0.3, -0.25) is 15.0 Å². The van der Waals surface area contributed by atoms with E-state index >= 15 is 0 Å². The van der Waals surface area contributed by atoms with Crippen LogP contribution in [0.5, 0.6) is 0 Å². The number of hydrogen-bond acceptors (Lipinski definition) is 9. The highest BCUT2D eigenvalue weighted by Crippen LogP contribution is 2.33. The first-order valence-corrected chi connectivity index (χ1v) is 9.27. The van der Waals surface area contributed by atoms with E-state index in [1.54, 1.807) is 0 Å². The molecule has 0 radical (unpaired) electrons. The molecule has 1 amide bonds. The molecular weight excluding hydrogens is 348 g/mol. The Morgan fingerprint density at radius 2 is 2.20 bits per heavy atom. The van der Waals surface area contributed by atoms with Crippen molar-refractivity contribution in [2.45, 2.75) is 37.4 Å². The second kappa shape index (κ2) is 6.85. The lowest BCUT2D eigenvalue weighted by molar-refractivity contribution is -0.118. The number of nitrogens with one attached hydrogen (secondary N) is 1. The Morgan fingerprint density at radius 1 is 1.36 bits per heavy atom. The van der Waals surface area contributed by atoms with Crippen molar-refractivity contribution >= 4 is 28.5 Å². The molecule has 136 valence electrons. The second-order valence-corrected chi connectivity index (χ2v) is 7.60. The summed E-state index contributed by atoms with van der Waals surface area (Å²) in [6, 6.07) is 0. The summed E-state index contributed by atoms with van der Waals surface area (Å²) < 4.78 is 15.7. The highest BCUT2D eigenvalue weighted by atomic mass is 32.1. The zero-order valence-corrected chi connectivity index (χ0v) is 14.5. The van der Waals surface area contributed by atoms with Crippen molar-refractivity contribution in [2.75, 3.05) is 38.2 Å². The Kier molecular flexibility index (Phi) is 4.57. The number of aromatic nitrogens is 2. The van der Waals surface area contributed by atoms with E-state index in [9.17, 15) is 9.59 Å². The molecule has 0 saturated carbocycles. The summed E-state index contributed by atoms with van der Waals surface area (Å²) >= 11 is 1.36. The van der Waals surface area contributed by atoms with Crippen LogP contribution in [0.3, 0.4) is 0 Å². The van der Waals surface area contributed by atoms with Crippen LogP contribution in [0.25, 0.3) is 0 Å². The predicted octanol–water partition coefficient (Wildman–Crippen LogP) is 1.33. The first-order chi connectivity index (χ1) is 12.1. The van der Waals surface area contributed by atoms with Crippen LogP contribution in [0.2, 0.25) is 0 Å². The molecule has 10 heteroatoms. The smallest absolute Gasteiger partial charge is 0.430 e. The Morgan fingerprint density at radius 3 is 2.88 bits per heavy atom. The molecule has 1 aromatic rings. The first kappa shape index (κ1) is 16.7. The van der Waals surface area contributed by atoms with Crippen LogP contribution in [0, 0.1) is 0 Å². The van der Waals surface area contributed by atoms with E-state index in [0.717, 1.165) is 24.5 Å².